The van der Waals surface area contributed by atoms with Crippen molar-refractivity contribution >= 4 is 0 Å². The summed E-state index contributed by atoms with van der Waals surface area (Å²) < 4.78 is 0. The molecule has 1 heterocycles. The average Bonchev–Trinajstić information content (AvgIpc) is 2.32. The molecule has 1 unspecified atom stereocenters. The molecular formula is C14H30N2O. The molecule has 1 aliphatic heterocycles. The molecule has 0 amide bonds. The molecule has 0 spiro atoms. The fraction of sp³-hybridized carbons (Fsp3) is 1.00. The molecule has 0 radical (unpaired) electrons. The maximum Gasteiger partial charge on any atom is 0.0611 e. The molecule has 0 aromatic carbocycles. The minimum absolute atomic E-state index is 0.106. The molecule has 1 saturated heterocycles. The lowest BCUT2D eigenvalue weighted by Gasteiger charge is -2.39. The SMILES string of the molecule is CCC(N)(CO)CCCN1[C@H](C)CCC[C@@H]1C. The fourth-order valence-corrected chi connectivity index (χ4v) is 2.90. The summed E-state index contributed by atoms with van der Waals surface area (Å²) >= 11 is 0. The number of rotatable bonds is 6. The first kappa shape index (κ1) is 14.9. The predicted molar refractivity (Wildman–Crippen MR) is 73.0 cm³/mol. The summed E-state index contributed by atoms with van der Waals surface area (Å²) in [5, 5.41) is 9.29. The van der Waals surface area contributed by atoms with Gasteiger partial charge in [-0.25, -0.2) is 0 Å². The van der Waals surface area contributed by atoms with E-state index in [1.807, 2.05) is 0 Å². The van der Waals surface area contributed by atoms with Gasteiger partial charge in [0.1, 0.15) is 0 Å². The second kappa shape index (κ2) is 6.72. The Bertz CT molecular complexity index is 206. The number of piperidine rings is 1. The first-order chi connectivity index (χ1) is 8.02. The van der Waals surface area contributed by atoms with Crippen molar-refractivity contribution in [1.82, 2.24) is 4.90 Å². The van der Waals surface area contributed by atoms with Crippen molar-refractivity contribution in [2.45, 2.75) is 76.9 Å². The summed E-state index contributed by atoms with van der Waals surface area (Å²) in [7, 11) is 0. The van der Waals surface area contributed by atoms with Crippen LogP contribution in [0.2, 0.25) is 0 Å². The lowest BCUT2D eigenvalue weighted by atomic mass is 9.91. The number of nitrogens with zero attached hydrogens (tertiary/aromatic N) is 1. The first-order valence-corrected chi connectivity index (χ1v) is 7.18. The van der Waals surface area contributed by atoms with Crippen LogP contribution in [0.15, 0.2) is 0 Å². The lowest BCUT2D eigenvalue weighted by Crippen LogP contribution is -2.46. The Balaban J connectivity index is 2.34. The van der Waals surface area contributed by atoms with Crippen molar-refractivity contribution < 1.29 is 5.11 Å². The highest BCUT2D eigenvalue weighted by atomic mass is 16.3. The highest BCUT2D eigenvalue weighted by Gasteiger charge is 2.26. The third-order valence-corrected chi connectivity index (χ3v) is 4.49. The summed E-state index contributed by atoms with van der Waals surface area (Å²) in [6, 6.07) is 1.42. The van der Waals surface area contributed by atoms with Crippen molar-refractivity contribution in [3.8, 4) is 0 Å². The minimum Gasteiger partial charge on any atom is -0.394 e. The van der Waals surface area contributed by atoms with Gasteiger partial charge in [0.15, 0.2) is 0 Å². The number of aliphatic hydroxyl groups is 1. The number of nitrogens with two attached hydrogens (primary N) is 1. The van der Waals surface area contributed by atoms with Crippen molar-refractivity contribution in [2.75, 3.05) is 13.2 Å². The van der Waals surface area contributed by atoms with Gasteiger partial charge in [-0.1, -0.05) is 13.3 Å². The van der Waals surface area contributed by atoms with Gasteiger partial charge in [0, 0.05) is 17.6 Å². The van der Waals surface area contributed by atoms with Crippen LogP contribution in [0.3, 0.4) is 0 Å². The molecule has 0 aromatic heterocycles. The topological polar surface area (TPSA) is 49.5 Å². The van der Waals surface area contributed by atoms with Crippen LogP contribution in [-0.4, -0.2) is 40.8 Å². The quantitative estimate of drug-likeness (QED) is 0.750. The zero-order chi connectivity index (χ0) is 12.9. The first-order valence-electron chi connectivity index (χ1n) is 7.18. The Morgan fingerprint density at radius 1 is 1.29 bits per heavy atom. The molecule has 3 heteroatoms. The molecule has 0 bridgehead atoms. The molecule has 1 aliphatic rings. The Morgan fingerprint density at radius 3 is 2.35 bits per heavy atom. The van der Waals surface area contributed by atoms with E-state index < -0.39 is 0 Å². The number of hydrogen-bond donors (Lipinski definition) is 2. The van der Waals surface area contributed by atoms with Crippen LogP contribution in [0, 0.1) is 0 Å². The third-order valence-electron chi connectivity index (χ3n) is 4.49. The fourth-order valence-electron chi connectivity index (χ4n) is 2.90. The highest BCUT2D eigenvalue weighted by molar-refractivity contribution is 4.84. The number of likely N-dealkylation sites (tertiary alicyclic amines) is 1. The van der Waals surface area contributed by atoms with E-state index in [-0.39, 0.29) is 12.1 Å². The predicted octanol–water partition coefficient (Wildman–Crippen LogP) is 2.13. The summed E-state index contributed by atoms with van der Waals surface area (Å²) in [6.07, 6.45) is 6.90. The standard InChI is InChI=1S/C14H30N2O/c1-4-14(15,11-17)9-6-10-16-12(2)7-5-8-13(16)3/h12-13,17H,4-11,15H2,1-3H3/t12-,13+,14?. The molecule has 0 aromatic rings. The summed E-state index contributed by atoms with van der Waals surface area (Å²) in [6.45, 7) is 7.95. The Morgan fingerprint density at radius 2 is 1.88 bits per heavy atom. The zero-order valence-electron chi connectivity index (χ0n) is 11.8. The Hall–Kier alpha value is -0.120. The van der Waals surface area contributed by atoms with E-state index >= 15 is 0 Å². The number of aliphatic hydroxyl groups excluding tert-OH is 1. The molecule has 3 N–H and O–H groups in total. The molecule has 0 saturated carbocycles. The van der Waals surface area contributed by atoms with Gasteiger partial charge >= 0.3 is 0 Å². The Kier molecular flexibility index (Phi) is 5.90. The van der Waals surface area contributed by atoms with E-state index in [1.54, 1.807) is 0 Å². The van der Waals surface area contributed by atoms with Crippen LogP contribution in [0.25, 0.3) is 0 Å². The smallest absolute Gasteiger partial charge is 0.0611 e. The van der Waals surface area contributed by atoms with Crippen molar-refractivity contribution in [1.29, 1.82) is 0 Å². The highest BCUT2D eigenvalue weighted by Crippen LogP contribution is 2.23. The van der Waals surface area contributed by atoms with Gasteiger partial charge in [-0.15, -0.1) is 0 Å². The van der Waals surface area contributed by atoms with Crippen molar-refractivity contribution in [2.24, 2.45) is 5.73 Å². The van der Waals surface area contributed by atoms with E-state index in [1.165, 1.54) is 19.3 Å². The normalized spacial score (nSPS) is 30.2. The largest absolute Gasteiger partial charge is 0.394 e. The molecule has 3 atom stereocenters. The second-order valence-electron chi connectivity index (χ2n) is 5.84. The van der Waals surface area contributed by atoms with Gasteiger partial charge in [0.25, 0.3) is 0 Å². The van der Waals surface area contributed by atoms with E-state index in [4.69, 9.17) is 5.73 Å². The van der Waals surface area contributed by atoms with E-state index in [2.05, 4.69) is 25.7 Å². The van der Waals surface area contributed by atoms with Gasteiger partial charge in [-0.05, 0) is 52.5 Å². The van der Waals surface area contributed by atoms with Gasteiger partial charge in [-0.3, -0.25) is 4.90 Å². The molecular weight excluding hydrogens is 212 g/mol. The van der Waals surface area contributed by atoms with Crippen LogP contribution < -0.4 is 5.73 Å². The summed E-state index contributed by atoms with van der Waals surface area (Å²) in [5.74, 6) is 0. The van der Waals surface area contributed by atoms with E-state index in [9.17, 15) is 5.11 Å². The Labute approximate surface area is 106 Å². The van der Waals surface area contributed by atoms with Crippen molar-refractivity contribution in [3.63, 3.8) is 0 Å². The van der Waals surface area contributed by atoms with Gasteiger partial charge in [0.05, 0.1) is 6.61 Å². The molecule has 102 valence electrons. The molecule has 17 heavy (non-hydrogen) atoms. The van der Waals surface area contributed by atoms with Gasteiger partial charge in [0.2, 0.25) is 0 Å². The monoisotopic (exact) mass is 242 g/mol. The maximum absolute atomic E-state index is 9.29. The van der Waals surface area contributed by atoms with E-state index in [0.29, 0.717) is 12.1 Å². The average molecular weight is 242 g/mol. The summed E-state index contributed by atoms with van der Waals surface area (Å²) in [5.41, 5.74) is 5.75. The molecule has 0 aliphatic carbocycles. The third kappa shape index (κ3) is 4.23. The van der Waals surface area contributed by atoms with E-state index in [0.717, 1.165) is 25.8 Å². The number of hydrogen-bond acceptors (Lipinski definition) is 3. The van der Waals surface area contributed by atoms with Gasteiger partial charge in [-0.2, -0.15) is 0 Å². The summed E-state index contributed by atoms with van der Waals surface area (Å²) in [4.78, 5) is 2.61. The van der Waals surface area contributed by atoms with Crippen molar-refractivity contribution in [3.05, 3.63) is 0 Å². The van der Waals surface area contributed by atoms with Crippen LogP contribution in [-0.2, 0) is 0 Å². The second-order valence-corrected chi connectivity index (χ2v) is 5.84. The van der Waals surface area contributed by atoms with Crippen LogP contribution in [0.1, 0.15) is 59.3 Å². The lowest BCUT2D eigenvalue weighted by molar-refractivity contribution is 0.0945. The van der Waals surface area contributed by atoms with Gasteiger partial charge < -0.3 is 10.8 Å². The molecule has 1 rings (SSSR count). The van der Waals surface area contributed by atoms with Crippen LogP contribution >= 0.6 is 0 Å². The molecule has 1 fully saturated rings. The molecule has 3 nitrogen and oxygen atoms in total. The van der Waals surface area contributed by atoms with Crippen LogP contribution in [0.4, 0.5) is 0 Å². The maximum atomic E-state index is 9.29. The van der Waals surface area contributed by atoms with Crippen LogP contribution in [0.5, 0.6) is 0 Å². The minimum atomic E-state index is -0.359. The zero-order valence-corrected chi connectivity index (χ0v) is 11.8.